The van der Waals surface area contributed by atoms with Crippen molar-refractivity contribution in [2.75, 3.05) is 11.6 Å². The van der Waals surface area contributed by atoms with Crippen LogP contribution < -0.4 is 14.5 Å². The first-order valence-corrected chi connectivity index (χ1v) is 12.1. The van der Waals surface area contributed by atoms with Gasteiger partial charge >= 0.3 is 0 Å². The van der Waals surface area contributed by atoms with Gasteiger partial charge in [-0.15, -0.1) is 0 Å². The van der Waals surface area contributed by atoms with E-state index < -0.39 is 6.10 Å². The van der Waals surface area contributed by atoms with Crippen LogP contribution in [0.2, 0.25) is 0 Å². The summed E-state index contributed by atoms with van der Waals surface area (Å²) in [6.45, 7) is 0.0938. The molecule has 1 aromatic heterocycles. The summed E-state index contributed by atoms with van der Waals surface area (Å²) in [5.74, 6) is 0.791. The number of rotatable bonds is 4. The van der Waals surface area contributed by atoms with Gasteiger partial charge in [0.2, 0.25) is 11.2 Å². The first kappa shape index (κ1) is 21.1. The summed E-state index contributed by atoms with van der Waals surface area (Å²) in [6.07, 6.45) is 0.787. The minimum absolute atomic E-state index is 0.0938. The zero-order valence-corrected chi connectivity index (χ0v) is 20.4. The molecule has 0 fully saturated rings. The summed E-state index contributed by atoms with van der Waals surface area (Å²) < 4.78 is 14.5. The van der Waals surface area contributed by atoms with Crippen molar-refractivity contribution in [3.63, 3.8) is 0 Å². The number of fused-ring (bicyclic) bond motifs is 2. The van der Waals surface area contributed by atoms with Gasteiger partial charge in [0.1, 0.15) is 6.61 Å². The Labute approximate surface area is 204 Å². The van der Waals surface area contributed by atoms with E-state index in [1.165, 1.54) is 16.3 Å². The van der Waals surface area contributed by atoms with Crippen molar-refractivity contribution in [1.29, 1.82) is 0 Å². The van der Waals surface area contributed by atoms with E-state index in [-0.39, 0.29) is 12.5 Å². The number of anilines is 1. The second-order valence-electron chi connectivity index (χ2n) is 6.92. The van der Waals surface area contributed by atoms with Gasteiger partial charge in [0.25, 0.3) is 5.91 Å². The molecule has 2 heterocycles. The molecule has 1 aliphatic rings. The van der Waals surface area contributed by atoms with Crippen LogP contribution in [-0.4, -0.2) is 29.8 Å². The third kappa shape index (κ3) is 4.41. The van der Waals surface area contributed by atoms with Crippen LogP contribution in [0, 0.1) is 0 Å². The Balaban J connectivity index is 1.49. The molecule has 1 unspecified atom stereocenters. The molecular formula is C23H15Br2N3O3S. The molecule has 0 spiro atoms. The molecule has 4 aromatic rings. The molecule has 32 heavy (non-hydrogen) atoms. The molecule has 0 saturated heterocycles. The standard InChI is InChI=1S/C23H15Br2N3O3S/c24-15-7-5-14(6-8-15)12-26-28(23-27-17-10-9-16(25)11-21(17)32-23)22(29)20-13-30-18-3-1-2-4-19(18)31-20/h1-12,20H,13H2/b26-12+. The highest BCUT2D eigenvalue weighted by atomic mass is 79.9. The maximum atomic E-state index is 13.5. The predicted octanol–water partition coefficient (Wildman–Crippen LogP) is 6.03. The van der Waals surface area contributed by atoms with Crippen LogP contribution in [0.15, 0.2) is 80.8 Å². The van der Waals surface area contributed by atoms with Crippen molar-refractivity contribution in [2.45, 2.75) is 6.10 Å². The molecule has 1 amide bonds. The Morgan fingerprint density at radius 3 is 2.62 bits per heavy atom. The fourth-order valence-electron chi connectivity index (χ4n) is 3.13. The number of carbonyl (C=O) groups is 1. The number of halogens is 2. The Bertz CT molecular complexity index is 1320. The van der Waals surface area contributed by atoms with E-state index in [1.54, 1.807) is 12.3 Å². The Kier molecular flexibility index (Phi) is 5.95. The zero-order valence-electron chi connectivity index (χ0n) is 16.4. The third-order valence-electron chi connectivity index (χ3n) is 4.71. The van der Waals surface area contributed by atoms with Crippen molar-refractivity contribution in [3.05, 3.63) is 81.2 Å². The number of thiazole rings is 1. The molecule has 1 aliphatic heterocycles. The number of hydrogen-bond donors (Lipinski definition) is 0. The first-order valence-electron chi connectivity index (χ1n) is 9.65. The van der Waals surface area contributed by atoms with Gasteiger partial charge in [-0.1, -0.05) is 67.5 Å². The molecule has 1 atom stereocenters. The summed E-state index contributed by atoms with van der Waals surface area (Å²) in [5.41, 5.74) is 1.64. The van der Waals surface area contributed by atoms with Crippen molar-refractivity contribution in [1.82, 2.24) is 4.98 Å². The van der Waals surface area contributed by atoms with Crippen LogP contribution in [0.4, 0.5) is 5.13 Å². The average molecular weight is 573 g/mol. The molecule has 5 rings (SSSR count). The minimum Gasteiger partial charge on any atom is -0.485 e. The van der Waals surface area contributed by atoms with Gasteiger partial charge in [0, 0.05) is 8.95 Å². The van der Waals surface area contributed by atoms with Crippen LogP contribution in [0.1, 0.15) is 5.56 Å². The van der Waals surface area contributed by atoms with Crippen molar-refractivity contribution < 1.29 is 14.3 Å². The highest BCUT2D eigenvalue weighted by Gasteiger charge is 2.33. The highest BCUT2D eigenvalue weighted by Crippen LogP contribution is 2.34. The lowest BCUT2D eigenvalue weighted by atomic mass is 10.2. The van der Waals surface area contributed by atoms with E-state index in [1.807, 2.05) is 60.7 Å². The fraction of sp³-hybridized carbons (Fsp3) is 0.0870. The number of aromatic nitrogens is 1. The summed E-state index contributed by atoms with van der Waals surface area (Å²) >= 11 is 8.29. The summed E-state index contributed by atoms with van der Waals surface area (Å²) in [7, 11) is 0. The first-order chi connectivity index (χ1) is 15.6. The number of nitrogens with zero attached hydrogens (tertiary/aromatic N) is 3. The van der Waals surface area contributed by atoms with Crippen LogP contribution >= 0.6 is 43.2 Å². The number of para-hydroxylation sites is 2. The highest BCUT2D eigenvalue weighted by molar-refractivity contribution is 9.10. The lowest BCUT2D eigenvalue weighted by Crippen LogP contribution is -2.44. The molecule has 3 aromatic carbocycles. The fourth-order valence-corrected chi connectivity index (χ4v) is 4.87. The van der Waals surface area contributed by atoms with Gasteiger partial charge in [-0.2, -0.15) is 10.1 Å². The van der Waals surface area contributed by atoms with Crippen LogP contribution in [-0.2, 0) is 4.79 Å². The largest absolute Gasteiger partial charge is 0.485 e. The summed E-state index contributed by atoms with van der Waals surface area (Å²) in [5, 5.41) is 6.24. The number of ether oxygens (including phenoxy) is 2. The minimum atomic E-state index is -0.842. The second-order valence-corrected chi connectivity index (χ2v) is 9.76. The number of hydrazone groups is 1. The smallest absolute Gasteiger partial charge is 0.294 e. The van der Waals surface area contributed by atoms with Crippen molar-refractivity contribution in [2.24, 2.45) is 5.10 Å². The lowest BCUT2D eigenvalue weighted by Gasteiger charge is -2.27. The molecule has 6 nitrogen and oxygen atoms in total. The Morgan fingerprint density at radius 1 is 1.06 bits per heavy atom. The van der Waals surface area contributed by atoms with Gasteiger partial charge in [-0.25, -0.2) is 4.98 Å². The van der Waals surface area contributed by atoms with Gasteiger partial charge < -0.3 is 9.47 Å². The summed E-state index contributed by atoms with van der Waals surface area (Å²) in [4.78, 5) is 18.1. The molecule has 0 aliphatic carbocycles. The molecule has 0 saturated carbocycles. The monoisotopic (exact) mass is 571 g/mol. The van der Waals surface area contributed by atoms with E-state index in [4.69, 9.17) is 9.47 Å². The number of hydrogen-bond acceptors (Lipinski definition) is 6. The van der Waals surface area contributed by atoms with Crippen LogP contribution in [0.25, 0.3) is 10.2 Å². The second kappa shape index (κ2) is 9.01. The maximum Gasteiger partial charge on any atom is 0.294 e. The third-order valence-corrected chi connectivity index (χ3v) is 6.72. The van der Waals surface area contributed by atoms with Gasteiger partial charge in [0.15, 0.2) is 11.5 Å². The summed E-state index contributed by atoms with van der Waals surface area (Å²) in [6, 6.07) is 20.7. The van der Waals surface area contributed by atoms with Crippen LogP contribution in [0.5, 0.6) is 11.5 Å². The van der Waals surface area contributed by atoms with E-state index in [0.717, 1.165) is 24.7 Å². The molecule has 9 heteroatoms. The van der Waals surface area contributed by atoms with Gasteiger partial charge in [0.05, 0.1) is 16.4 Å². The molecule has 0 bridgehead atoms. The topological polar surface area (TPSA) is 64.0 Å². The Hall–Kier alpha value is -2.75. The number of amides is 1. The predicted molar refractivity (Wildman–Crippen MR) is 133 cm³/mol. The molecule has 160 valence electrons. The zero-order chi connectivity index (χ0) is 22.1. The molecule has 0 N–H and O–H groups in total. The van der Waals surface area contributed by atoms with Gasteiger partial charge in [-0.05, 0) is 48.0 Å². The van der Waals surface area contributed by atoms with Crippen LogP contribution in [0.3, 0.4) is 0 Å². The van der Waals surface area contributed by atoms with E-state index in [2.05, 4.69) is 41.9 Å². The Morgan fingerprint density at radius 2 is 1.81 bits per heavy atom. The van der Waals surface area contributed by atoms with E-state index in [0.29, 0.717) is 16.6 Å². The van der Waals surface area contributed by atoms with E-state index >= 15 is 0 Å². The number of benzene rings is 3. The SMILES string of the molecule is O=C(C1COc2ccccc2O1)N(/N=C/c1ccc(Br)cc1)c1nc2ccc(Br)cc2s1. The molecule has 0 radical (unpaired) electrons. The van der Waals surface area contributed by atoms with Gasteiger partial charge in [-0.3, -0.25) is 4.79 Å². The van der Waals surface area contributed by atoms with E-state index in [9.17, 15) is 4.79 Å². The quantitative estimate of drug-likeness (QED) is 0.221. The number of carbonyl (C=O) groups excluding carboxylic acids is 1. The maximum absolute atomic E-state index is 13.5. The molecular weight excluding hydrogens is 558 g/mol. The average Bonchev–Trinajstić information content (AvgIpc) is 3.22. The normalized spacial score (nSPS) is 15.2. The van der Waals surface area contributed by atoms with Crippen molar-refractivity contribution in [3.8, 4) is 11.5 Å². The lowest BCUT2D eigenvalue weighted by molar-refractivity contribution is -0.127. The van der Waals surface area contributed by atoms with Crippen molar-refractivity contribution >= 4 is 70.7 Å².